The zero-order chi connectivity index (χ0) is 13.5. The lowest BCUT2D eigenvalue weighted by Crippen LogP contribution is -2.03. The summed E-state index contributed by atoms with van der Waals surface area (Å²) in [6, 6.07) is 25.4. The van der Waals surface area contributed by atoms with Gasteiger partial charge in [-0.1, -0.05) is 66.7 Å². The highest BCUT2D eigenvalue weighted by Gasteiger charge is 2.29. The fraction of sp³-hybridized carbons (Fsp3) is 0.0526. The van der Waals surface area contributed by atoms with Gasteiger partial charge >= 0.3 is 0 Å². The molecule has 2 N–H and O–H groups in total. The first kappa shape index (κ1) is 11.3. The minimum Gasteiger partial charge on any atom is -0.398 e. The summed E-state index contributed by atoms with van der Waals surface area (Å²) in [5.74, 6) is 0.253. The van der Waals surface area contributed by atoms with Crippen LogP contribution in [0.1, 0.15) is 22.6 Å². The van der Waals surface area contributed by atoms with Crippen LogP contribution >= 0.6 is 0 Å². The van der Waals surface area contributed by atoms with Crippen LogP contribution in [0.3, 0.4) is 0 Å². The number of nitrogen functional groups attached to an aromatic ring is 1. The second-order valence-electron chi connectivity index (χ2n) is 5.24. The second-order valence-corrected chi connectivity index (χ2v) is 5.24. The minimum atomic E-state index is 0.253. The van der Waals surface area contributed by atoms with Gasteiger partial charge in [0.1, 0.15) is 0 Å². The van der Waals surface area contributed by atoms with Gasteiger partial charge in [0.15, 0.2) is 0 Å². The SMILES string of the molecule is Nc1ccccc1C1c2ccccc2-c2ccccc21. The summed E-state index contributed by atoms with van der Waals surface area (Å²) in [5.41, 5.74) is 13.6. The molecule has 0 saturated carbocycles. The third kappa shape index (κ3) is 1.50. The zero-order valence-electron chi connectivity index (χ0n) is 11.1. The molecule has 0 bridgehead atoms. The van der Waals surface area contributed by atoms with Gasteiger partial charge in [-0.25, -0.2) is 0 Å². The highest BCUT2D eigenvalue weighted by Crippen LogP contribution is 2.48. The highest BCUT2D eigenvalue weighted by atomic mass is 14.6. The van der Waals surface area contributed by atoms with Gasteiger partial charge in [0.25, 0.3) is 0 Å². The largest absolute Gasteiger partial charge is 0.398 e. The molecule has 0 amide bonds. The van der Waals surface area contributed by atoms with E-state index in [1.54, 1.807) is 0 Å². The van der Waals surface area contributed by atoms with Gasteiger partial charge in [0.05, 0.1) is 0 Å². The quantitative estimate of drug-likeness (QED) is 0.502. The maximum atomic E-state index is 6.21. The molecule has 0 fully saturated rings. The minimum absolute atomic E-state index is 0.253. The average molecular weight is 257 g/mol. The van der Waals surface area contributed by atoms with E-state index in [2.05, 4.69) is 60.7 Å². The lowest BCUT2D eigenvalue weighted by molar-refractivity contribution is 1.02. The molecule has 1 heteroatoms. The smallest absolute Gasteiger partial charge is 0.0372 e. The van der Waals surface area contributed by atoms with Gasteiger partial charge in [-0.05, 0) is 33.9 Å². The van der Waals surface area contributed by atoms with Crippen molar-refractivity contribution in [3.63, 3.8) is 0 Å². The monoisotopic (exact) mass is 257 g/mol. The molecule has 1 aliphatic carbocycles. The van der Waals surface area contributed by atoms with E-state index in [1.807, 2.05) is 12.1 Å². The first-order valence-electron chi connectivity index (χ1n) is 6.89. The number of hydrogen-bond acceptors (Lipinski definition) is 1. The first-order chi connectivity index (χ1) is 9.86. The van der Waals surface area contributed by atoms with Gasteiger partial charge in [-0.3, -0.25) is 0 Å². The molecule has 0 saturated heterocycles. The number of nitrogens with two attached hydrogens (primary N) is 1. The lowest BCUT2D eigenvalue weighted by Gasteiger charge is -2.16. The molecule has 1 aliphatic rings. The molecule has 4 rings (SSSR count). The molecule has 20 heavy (non-hydrogen) atoms. The molecule has 1 nitrogen and oxygen atoms in total. The van der Waals surface area contributed by atoms with E-state index in [0.29, 0.717) is 0 Å². The van der Waals surface area contributed by atoms with E-state index >= 15 is 0 Å². The van der Waals surface area contributed by atoms with Crippen molar-refractivity contribution in [2.45, 2.75) is 5.92 Å². The van der Waals surface area contributed by atoms with Crippen LogP contribution in [0.2, 0.25) is 0 Å². The second kappa shape index (κ2) is 4.24. The molecule has 0 unspecified atom stereocenters. The summed E-state index contributed by atoms with van der Waals surface area (Å²) < 4.78 is 0. The molecule has 3 aromatic carbocycles. The van der Waals surface area contributed by atoms with Crippen molar-refractivity contribution in [2.75, 3.05) is 5.73 Å². The van der Waals surface area contributed by atoms with E-state index in [1.165, 1.54) is 27.8 Å². The molecular weight excluding hydrogens is 242 g/mol. The lowest BCUT2D eigenvalue weighted by atomic mass is 9.88. The maximum Gasteiger partial charge on any atom is 0.0372 e. The summed E-state index contributed by atoms with van der Waals surface area (Å²) in [4.78, 5) is 0. The number of para-hydroxylation sites is 1. The Morgan fingerprint density at radius 1 is 0.550 bits per heavy atom. The number of benzene rings is 3. The Labute approximate surface area is 118 Å². The standard InChI is InChI=1S/C19H15N/c20-18-12-6-5-11-17(18)19-15-9-3-1-7-13(15)14-8-2-4-10-16(14)19/h1-12,19H,20H2. The Balaban J connectivity index is 2.03. The molecule has 0 aliphatic heterocycles. The predicted octanol–water partition coefficient (Wildman–Crippen LogP) is 4.43. The fourth-order valence-electron chi connectivity index (χ4n) is 3.26. The Hall–Kier alpha value is -2.54. The number of anilines is 1. The predicted molar refractivity (Wildman–Crippen MR) is 83.7 cm³/mol. The third-order valence-electron chi connectivity index (χ3n) is 4.14. The Morgan fingerprint density at radius 2 is 1.00 bits per heavy atom. The molecule has 0 radical (unpaired) electrons. The normalized spacial score (nSPS) is 13.0. The van der Waals surface area contributed by atoms with Crippen LogP contribution in [-0.4, -0.2) is 0 Å². The van der Waals surface area contributed by atoms with E-state index in [0.717, 1.165) is 5.69 Å². The van der Waals surface area contributed by atoms with E-state index in [9.17, 15) is 0 Å². The average Bonchev–Trinajstić information content (AvgIpc) is 2.83. The summed E-state index contributed by atoms with van der Waals surface area (Å²) in [6.45, 7) is 0. The molecular formula is C19H15N. The van der Waals surface area contributed by atoms with Crippen molar-refractivity contribution in [3.8, 4) is 11.1 Å². The van der Waals surface area contributed by atoms with E-state index in [-0.39, 0.29) is 5.92 Å². The Morgan fingerprint density at radius 3 is 1.55 bits per heavy atom. The van der Waals surface area contributed by atoms with Crippen LogP contribution in [0.5, 0.6) is 0 Å². The molecule has 0 heterocycles. The number of rotatable bonds is 1. The summed E-state index contributed by atoms with van der Waals surface area (Å²) in [5, 5.41) is 0. The number of fused-ring (bicyclic) bond motifs is 3. The molecule has 0 spiro atoms. The van der Waals surface area contributed by atoms with Gasteiger partial charge in [-0.15, -0.1) is 0 Å². The van der Waals surface area contributed by atoms with Gasteiger partial charge < -0.3 is 5.73 Å². The van der Waals surface area contributed by atoms with Crippen molar-refractivity contribution < 1.29 is 0 Å². The zero-order valence-corrected chi connectivity index (χ0v) is 11.1. The summed E-state index contributed by atoms with van der Waals surface area (Å²) in [6.07, 6.45) is 0. The van der Waals surface area contributed by atoms with Crippen LogP contribution in [0.4, 0.5) is 5.69 Å². The fourth-order valence-corrected chi connectivity index (χ4v) is 3.26. The van der Waals surface area contributed by atoms with Gasteiger partial charge in [0, 0.05) is 11.6 Å². The topological polar surface area (TPSA) is 26.0 Å². The van der Waals surface area contributed by atoms with Crippen LogP contribution < -0.4 is 5.73 Å². The molecule has 3 aromatic rings. The Kier molecular flexibility index (Phi) is 2.40. The summed E-state index contributed by atoms with van der Waals surface area (Å²) >= 11 is 0. The van der Waals surface area contributed by atoms with Crippen molar-refractivity contribution in [1.29, 1.82) is 0 Å². The first-order valence-corrected chi connectivity index (χ1v) is 6.89. The summed E-state index contributed by atoms with van der Waals surface area (Å²) in [7, 11) is 0. The highest BCUT2D eigenvalue weighted by molar-refractivity contribution is 5.81. The van der Waals surface area contributed by atoms with Crippen LogP contribution in [-0.2, 0) is 0 Å². The number of hydrogen-bond donors (Lipinski definition) is 1. The van der Waals surface area contributed by atoms with Crippen molar-refractivity contribution in [2.24, 2.45) is 0 Å². The van der Waals surface area contributed by atoms with Gasteiger partial charge in [-0.2, -0.15) is 0 Å². The van der Waals surface area contributed by atoms with Crippen LogP contribution in [0.25, 0.3) is 11.1 Å². The third-order valence-corrected chi connectivity index (χ3v) is 4.14. The van der Waals surface area contributed by atoms with E-state index < -0.39 is 0 Å². The molecule has 0 atom stereocenters. The molecule has 96 valence electrons. The Bertz CT molecular complexity index is 744. The maximum absolute atomic E-state index is 6.21. The van der Waals surface area contributed by atoms with E-state index in [4.69, 9.17) is 5.73 Å². The van der Waals surface area contributed by atoms with Crippen molar-refractivity contribution in [3.05, 3.63) is 89.5 Å². The van der Waals surface area contributed by atoms with Crippen molar-refractivity contribution in [1.82, 2.24) is 0 Å². The van der Waals surface area contributed by atoms with Crippen LogP contribution in [0, 0.1) is 0 Å². The molecule has 0 aromatic heterocycles. The van der Waals surface area contributed by atoms with Crippen LogP contribution in [0.15, 0.2) is 72.8 Å². The van der Waals surface area contributed by atoms with Gasteiger partial charge in [0.2, 0.25) is 0 Å². The van der Waals surface area contributed by atoms with Crippen molar-refractivity contribution >= 4 is 5.69 Å².